The van der Waals surface area contributed by atoms with Gasteiger partial charge in [0.2, 0.25) is 0 Å². The molecule has 10 aromatic rings. The Bertz CT molecular complexity index is 2830. The molecule has 0 N–H and O–H groups in total. The molecule has 0 atom stereocenters. The molecule has 0 spiro atoms. The van der Waals surface area contributed by atoms with E-state index in [1.807, 2.05) is 6.07 Å². The molecule has 51 heavy (non-hydrogen) atoms. The van der Waals surface area contributed by atoms with Crippen LogP contribution < -0.4 is 4.90 Å². The first-order chi connectivity index (χ1) is 25.3. The zero-order chi connectivity index (χ0) is 33.7. The van der Waals surface area contributed by atoms with Crippen LogP contribution in [0.25, 0.3) is 71.7 Å². The first-order valence-electron chi connectivity index (χ1n) is 17.4. The van der Waals surface area contributed by atoms with Crippen LogP contribution in [0.4, 0.5) is 17.1 Å². The molecular weight excluding hydrogens is 621 g/mol. The molecule has 240 valence electrons. The number of furan rings is 1. The molecule has 0 aliphatic rings. The van der Waals surface area contributed by atoms with Crippen LogP contribution >= 0.6 is 0 Å². The first-order valence-corrected chi connectivity index (χ1v) is 17.4. The lowest BCUT2D eigenvalue weighted by Gasteiger charge is -2.29. The molecule has 2 heterocycles. The molecule has 3 nitrogen and oxygen atoms in total. The van der Waals surface area contributed by atoms with Gasteiger partial charge in [0.25, 0.3) is 0 Å². The van der Waals surface area contributed by atoms with E-state index in [2.05, 4.69) is 198 Å². The van der Waals surface area contributed by atoms with Crippen molar-refractivity contribution in [3.63, 3.8) is 0 Å². The fourth-order valence-electron chi connectivity index (χ4n) is 7.78. The van der Waals surface area contributed by atoms with Crippen molar-refractivity contribution in [3.8, 4) is 27.9 Å². The fraction of sp³-hybridized carbons (Fsp3) is 0. The highest BCUT2D eigenvalue weighted by molar-refractivity contribution is 6.14. The van der Waals surface area contributed by atoms with Gasteiger partial charge in [0.1, 0.15) is 11.2 Å². The van der Waals surface area contributed by atoms with E-state index in [4.69, 9.17) is 4.42 Å². The number of para-hydroxylation sites is 5. The molecule has 10 rings (SSSR count). The molecule has 0 radical (unpaired) electrons. The van der Waals surface area contributed by atoms with E-state index in [9.17, 15) is 0 Å². The lowest BCUT2D eigenvalue weighted by Crippen LogP contribution is -2.12. The number of hydrogen-bond donors (Lipinski definition) is 0. The van der Waals surface area contributed by atoms with Gasteiger partial charge >= 0.3 is 0 Å². The molecular formula is C48H32N2O. The summed E-state index contributed by atoms with van der Waals surface area (Å²) in [5.74, 6) is 0. The summed E-state index contributed by atoms with van der Waals surface area (Å²) >= 11 is 0. The van der Waals surface area contributed by atoms with E-state index in [0.717, 1.165) is 61.4 Å². The second-order valence-electron chi connectivity index (χ2n) is 12.9. The molecule has 0 aliphatic heterocycles. The van der Waals surface area contributed by atoms with Crippen molar-refractivity contribution in [2.75, 3.05) is 4.90 Å². The summed E-state index contributed by atoms with van der Waals surface area (Å²) < 4.78 is 8.86. The van der Waals surface area contributed by atoms with Crippen molar-refractivity contribution < 1.29 is 4.42 Å². The van der Waals surface area contributed by atoms with Gasteiger partial charge in [-0.2, -0.15) is 0 Å². The zero-order valence-corrected chi connectivity index (χ0v) is 27.8. The third-order valence-corrected chi connectivity index (χ3v) is 9.99. The van der Waals surface area contributed by atoms with Gasteiger partial charge in [-0.25, -0.2) is 0 Å². The van der Waals surface area contributed by atoms with Crippen LogP contribution in [0.15, 0.2) is 199 Å². The van der Waals surface area contributed by atoms with Crippen molar-refractivity contribution in [2.45, 2.75) is 0 Å². The molecule has 0 fully saturated rings. The Morgan fingerprint density at radius 3 is 1.76 bits per heavy atom. The molecule has 0 unspecified atom stereocenters. The molecule has 8 aromatic carbocycles. The van der Waals surface area contributed by atoms with Crippen molar-refractivity contribution in [3.05, 3.63) is 194 Å². The van der Waals surface area contributed by atoms with Gasteiger partial charge in [0.05, 0.1) is 33.5 Å². The van der Waals surface area contributed by atoms with Gasteiger partial charge in [0.15, 0.2) is 0 Å². The SMILES string of the molecule is c1ccc(-c2cccc(N(c3ccccc3-c3ccccc3-n3c4ccccc4c4ccccc43)c3cccc4oc5ccccc5c34)c2)cc1. The third-order valence-electron chi connectivity index (χ3n) is 9.99. The second kappa shape index (κ2) is 11.9. The minimum absolute atomic E-state index is 0.862. The second-order valence-corrected chi connectivity index (χ2v) is 12.9. The lowest BCUT2D eigenvalue weighted by atomic mass is 9.98. The van der Waals surface area contributed by atoms with E-state index < -0.39 is 0 Å². The highest BCUT2D eigenvalue weighted by atomic mass is 16.3. The Morgan fingerprint density at radius 2 is 0.961 bits per heavy atom. The number of anilines is 3. The Kier molecular flexibility index (Phi) is 6.81. The quantitative estimate of drug-likeness (QED) is 0.178. The van der Waals surface area contributed by atoms with Crippen LogP contribution in [-0.2, 0) is 0 Å². The predicted molar refractivity (Wildman–Crippen MR) is 214 cm³/mol. The van der Waals surface area contributed by atoms with Crippen molar-refractivity contribution in [1.82, 2.24) is 4.57 Å². The minimum atomic E-state index is 0.862. The summed E-state index contributed by atoms with van der Waals surface area (Å²) in [6.07, 6.45) is 0. The predicted octanol–water partition coefficient (Wildman–Crippen LogP) is 13.5. The molecule has 3 heteroatoms. The number of hydrogen-bond acceptors (Lipinski definition) is 2. The molecule has 0 amide bonds. The average Bonchev–Trinajstić information content (AvgIpc) is 3.75. The lowest BCUT2D eigenvalue weighted by molar-refractivity contribution is 0.669. The Hall–Kier alpha value is -6.84. The van der Waals surface area contributed by atoms with Crippen LogP contribution in [0.2, 0.25) is 0 Å². The topological polar surface area (TPSA) is 21.3 Å². The Labute approximate surface area is 295 Å². The zero-order valence-electron chi connectivity index (χ0n) is 27.8. The van der Waals surface area contributed by atoms with Crippen LogP contribution in [-0.4, -0.2) is 4.57 Å². The van der Waals surface area contributed by atoms with Gasteiger partial charge < -0.3 is 13.9 Å². The number of benzene rings is 8. The van der Waals surface area contributed by atoms with E-state index in [0.29, 0.717) is 0 Å². The molecule has 0 bridgehead atoms. The van der Waals surface area contributed by atoms with Crippen molar-refractivity contribution in [2.24, 2.45) is 0 Å². The van der Waals surface area contributed by atoms with Gasteiger partial charge in [-0.15, -0.1) is 0 Å². The molecule has 0 saturated heterocycles. The molecule has 2 aromatic heterocycles. The fourth-order valence-corrected chi connectivity index (χ4v) is 7.78. The summed E-state index contributed by atoms with van der Waals surface area (Å²) in [6.45, 7) is 0. The van der Waals surface area contributed by atoms with E-state index in [1.165, 1.54) is 27.4 Å². The standard InChI is InChI=1S/C48H32N2O/c1-2-16-33(17-3-1)34-18-14-19-35(32-34)49(45-29-15-31-47-48(45)40-24-8-13-30-46(40)51-47)41-25-9-4-20-36(41)37-21-5-10-26-42(37)50-43-27-11-6-22-38(43)39-23-7-12-28-44(39)50/h1-32H. The monoisotopic (exact) mass is 652 g/mol. The van der Waals surface area contributed by atoms with Crippen LogP contribution in [0.5, 0.6) is 0 Å². The van der Waals surface area contributed by atoms with Gasteiger partial charge in [-0.3, -0.25) is 0 Å². The van der Waals surface area contributed by atoms with Crippen molar-refractivity contribution in [1.29, 1.82) is 0 Å². The third kappa shape index (κ3) is 4.74. The maximum Gasteiger partial charge on any atom is 0.137 e. The molecule has 0 aliphatic carbocycles. The van der Waals surface area contributed by atoms with E-state index in [-0.39, 0.29) is 0 Å². The van der Waals surface area contributed by atoms with Crippen LogP contribution in [0.1, 0.15) is 0 Å². The number of rotatable bonds is 6. The number of aromatic nitrogens is 1. The maximum absolute atomic E-state index is 6.44. The van der Waals surface area contributed by atoms with Crippen molar-refractivity contribution >= 4 is 60.8 Å². The normalized spacial score (nSPS) is 11.5. The maximum atomic E-state index is 6.44. The largest absolute Gasteiger partial charge is 0.456 e. The van der Waals surface area contributed by atoms with Gasteiger partial charge in [-0.05, 0) is 65.7 Å². The summed E-state index contributed by atoms with van der Waals surface area (Å²) in [6, 6.07) is 69.2. The Morgan fingerprint density at radius 1 is 0.392 bits per heavy atom. The van der Waals surface area contributed by atoms with E-state index >= 15 is 0 Å². The highest BCUT2D eigenvalue weighted by Gasteiger charge is 2.24. The summed E-state index contributed by atoms with van der Waals surface area (Å²) in [4.78, 5) is 2.41. The first kappa shape index (κ1) is 29.1. The summed E-state index contributed by atoms with van der Waals surface area (Å²) in [7, 11) is 0. The Balaban J connectivity index is 1.26. The van der Waals surface area contributed by atoms with E-state index in [1.54, 1.807) is 0 Å². The van der Waals surface area contributed by atoms with Crippen LogP contribution in [0, 0.1) is 0 Å². The molecule has 0 saturated carbocycles. The average molecular weight is 653 g/mol. The van der Waals surface area contributed by atoms with Crippen LogP contribution in [0.3, 0.4) is 0 Å². The van der Waals surface area contributed by atoms with Gasteiger partial charge in [-0.1, -0.05) is 140 Å². The summed E-state index contributed by atoms with van der Waals surface area (Å²) in [5.41, 5.74) is 13.1. The summed E-state index contributed by atoms with van der Waals surface area (Å²) in [5, 5.41) is 4.67. The smallest absolute Gasteiger partial charge is 0.137 e. The van der Waals surface area contributed by atoms with Gasteiger partial charge in [0, 0.05) is 33.0 Å². The highest BCUT2D eigenvalue weighted by Crippen LogP contribution is 2.47. The number of fused-ring (bicyclic) bond motifs is 6. The minimum Gasteiger partial charge on any atom is -0.456 e. The number of nitrogens with zero attached hydrogens (tertiary/aromatic N) is 2.